The summed E-state index contributed by atoms with van der Waals surface area (Å²) in [5.74, 6) is 0.281. The van der Waals surface area contributed by atoms with Crippen LogP contribution in [0.4, 0.5) is 0 Å². The molecule has 4 atom stereocenters. The molecular formula is C10H11NO2. The van der Waals surface area contributed by atoms with Gasteiger partial charge in [0.05, 0.1) is 6.07 Å². The van der Waals surface area contributed by atoms with Crippen molar-refractivity contribution in [2.75, 3.05) is 0 Å². The fraction of sp³-hybridized carbons (Fsp3) is 0.800. The van der Waals surface area contributed by atoms with Gasteiger partial charge in [-0.05, 0) is 25.2 Å². The molecule has 0 radical (unpaired) electrons. The van der Waals surface area contributed by atoms with Crippen LogP contribution < -0.4 is 0 Å². The van der Waals surface area contributed by atoms with Gasteiger partial charge in [0.25, 0.3) is 0 Å². The van der Waals surface area contributed by atoms with Crippen molar-refractivity contribution in [1.82, 2.24) is 0 Å². The molecule has 1 aliphatic heterocycles. The van der Waals surface area contributed by atoms with Crippen molar-refractivity contribution in [3.05, 3.63) is 0 Å². The van der Waals surface area contributed by atoms with Crippen molar-refractivity contribution in [2.24, 2.45) is 16.7 Å². The number of rotatable bonds is 0. The molecule has 2 aliphatic carbocycles. The van der Waals surface area contributed by atoms with Gasteiger partial charge in [-0.2, -0.15) is 5.26 Å². The molecule has 3 aliphatic rings. The van der Waals surface area contributed by atoms with Gasteiger partial charge in [-0.25, -0.2) is 0 Å². The van der Waals surface area contributed by atoms with Crippen LogP contribution in [0.2, 0.25) is 0 Å². The SMILES string of the molecule is CC12CC3CC1OC(=O)C2(C#N)C3. The van der Waals surface area contributed by atoms with Gasteiger partial charge in [0, 0.05) is 5.41 Å². The third-order valence-electron chi connectivity index (χ3n) is 4.33. The molecule has 3 heteroatoms. The normalized spacial score (nSPS) is 56.5. The summed E-state index contributed by atoms with van der Waals surface area (Å²) in [4.78, 5) is 11.6. The average molecular weight is 177 g/mol. The largest absolute Gasteiger partial charge is 0.461 e. The predicted octanol–water partition coefficient (Wildman–Crippen LogP) is 1.24. The highest BCUT2D eigenvalue weighted by molar-refractivity contribution is 5.85. The van der Waals surface area contributed by atoms with E-state index in [0.29, 0.717) is 5.92 Å². The maximum atomic E-state index is 11.6. The molecule has 68 valence electrons. The first-order valence-electron chi connectivity index (χ1n) is 4.75. The van der Waals surface area contributed by atoms with Gasteiger partial charge in [-0.15, -0.1) is 0 Å². The predicted molar refractivity (Wildman–Crippen MR) is 43.4 cm³/mol. The van der Waals surface area contributed by atoms with Crippen molar-refractivity contribution in [3.63, 3.8) is 0 Å². The fourth-order valence-electron chi connectivity index (χ4n) is 3.59. The zero-order valence-corrected chi connectivity index (χ0v) is 7.54. The van der Waals surface area contributed by atoms with E-state index in [1.807, 2.05) is 6.92 Å². The van der Waals surface area contributed by atoms with Gasteiger partial charge < -0.3 is 4.74 Å². The summed E-state index contributed by atoms with van der Waals surface area (Å²) in [5, 5.41) is 9.15. The fourth-order valence-corrected chi connectivity index (χ4v) is 3.59. The Bertz CT molecular complexity index is 345. The zero-order chi connectivity index (χ0) is 9.27. The van der Waals surface area contributed by atoms with E-state index < -0.39 is 5.41 Å². The van der Waals surface area contributed by atoms with Gasteiger partial charge in [-0.1, -0.05) is 6.92 Å². The van der Waals surface area contributed by atoms with Crippen LogP contribution in [0.15, 0.2) is 0 Å². The molecule has 13 heavy (non-hydrogen) atoms. The van der Waals surface area contributed by atoms with Crippen molar-refractivity contribution in [2.45, 2.75) is 32.3 Å². The lowest BCUT2D eigenvalue weighted by atomic mass is 9.65. The molecule has 0 aromatic heterocycles. The Balaban J connectivity index is 2.22. The molecule has 3 rings (SSSR count). The van der Waals surface area contributed by atoms with Crippen molar-refractivity contribution >= 4 is 5.97 Å². The Kier molecular flexibility index (Phi) is 0.990. The van der Waals surface area contributed by atoms with E-state index in [9.17, 15) is 4.79 Å². The summed E-state index contributed by atoms with van der Waals surface area (Å²) < 4.78 is 5.28. The molecule has 0 amide bonds. The molecule has 1 saturated heterocycles. The van der Waals surface area contributed by atoms with Crippen molar-refractivity contribution in [3.8, 4) is 6.07 Å². The topological polar surface area (TPSA) is 50.1 Å². The second-order valence-electron chi connectivity index (χ2n) is 4.84. The molecule has 0 N–H and O–H groups in total. The van der Waals surface area contributed by atoms with Gasteiger partial charge in [-0.3, -0.25) is 4.79 Å². The van der Waals surface area contributed by atoms with Gasteiger partial charge in [0.15, 0.2) is 5.41 Å². The minimum absolute atomic E-state index is 0.0263. The number of fused-ring (bicyclic) bond motifs is 1. The Morgan fingerprint density at radius 3 is 2.92 bits per heavy atom. The highest BCUT2D eigenvalue weighted by Crippen LogP contribution is 2.68. The number of nitrogens with zero attached hydrogens (tertiary/aromatic N) is 1. The summed E-state index contributed by atoms with van der Waals surface area (Å²) >= 11 is 0. The lowest BCUT2D eigenvalue weighted by molar-refractivity contribution is -0.145. The number of esters is 1. The molecule has 0 aromatic rings. The van der Waals surface area contributed by atoms with E-state index in [1.165, 1.54) is 0 Å². The summed E-state index contributed by atoms with van der Waals surface area (Å²) in [7, 11) is 0. The number of carbonyl (C=O) groups excluding carboxylic acids is 1. The summed E-state index contributed by atoms with van der Waals surface area (Å²) in [5.41, 5.74) is -0.968. The minimum atomic E-state index is -0.791. The number of nitriles is 1. The van der Waals surface area contributed by atoms with Gasteiger partial charge >= 0.3 is 5.97 Å². The molecule has 0 spiro atoms. The Hall–Kier alpha value is -1.04. The second kappa shape index (κ2) is 1.75. The number of ether oxygens (including phenoxy) is 1. The smallest absolute Gasteiger partial charge is 0.327 e. The standard InChI is InChI=1S/C10H11NO2/c1-9-3-6-2-7(9)13-8(12)10(9,4-6)5-11/h6-7H,2-4H2,1H3. The van der Waals surface area contributed by atoms with E-state index in [2.05, 4.69) is 6.07 Å². The third-order valence-corrected chi connectivity index (χ3v) is 4.33. The molecule has 2 saturated carbocycles. The average Bonchev–Trinajstić information content (AvgIpc) is 2.54. The Labute approximate surface area is 76.7 Å². The lowest BCUT2D eigenvalue weighted by Gasteiger charge is -2.30. The number of carbonyl (C=O) groups is 1. The summed E-state index contributed by atoms with van der Waals surface area (Å²) in [6.07, 6.45) is 2.73. The first kappa shape index (κ1) is 7.37. The monoisotopic (exact) mass is 177 g/mol. The zero-order valence-electron chi connectivity index (χ0n) is 7.54. The van der Waals surface area contributed by atoms with Gasteiger partial charge in [0.2, 0.25) is 0 Å². The van der Waals surface area contributed by atoms with Crippen LogP contribution in [0.25, 0.3) is 0 Å². The molecule has 4 unspecified atom stereocenters. The highest BCUT2D eigenvalue weighted by atomic mass is 16.6. The molecular weight excluding hydrogens is 166 g/mol. The van der Waals surface area contributed by atoms with Crippen LogP contribution in [0, 0.1) is 28.1 Å². The number of hydrogen-bond donors (Lipinski definition) is 0. The maximum absolute atomic E-state index is 11.6. The molecule has 0 aromatic carbocycles. The molecule has 3 nitrogen and oxygen atoms in total. The van der Waals surface area contributed by atoms with Crippen LogP contribution in [0.5, 0.6) is 0 Å². The molecule has 1 heterocycles. The van der Waals surface area contributed by atoms with E-state index in [0.717, 1.165) is 19.3 Å². The second-order valence-corrected chi connectivity index (χ2v) is 4.84. The van der Waals surface area contributed by atoms with Crippen LogP contribution >= 0.6 is 0 Å². The summed E-state index contributed by atoms with van der Waals surface area (Å²) in [6.45, 7) is 2.04. The highest BCUT2D eigenvalue weighted by Gasteiger charge is 2.74. The first-order chi connectivity index (χ1) is 6.12. The Morgan fingerprint density at radius 2 is 2.38 bits per heavy atom. The van der Waals surface area contributed by atoms with E-state index in [1.54, 1.807) is 0 Å². The Morgan fingerprint density at radius 1 is 1.62 bits per heavy atom. The van der Waals surface area contributed by atoms with Crippen LogP contribution in [-0.4, -0.2) is 12.1 Å². The van der Waals surface area contributed by atoms with E-state index in [4.69, 9.17) is 10.00 Å². The van der Waals surface area contributed by atoms with Gasteiger partial charge in [0.1, 0.15) is 6.10 Å². The summed E-state index contributed by atoms with van der Waals surface area (Å²) in [6, 6.07) is 2.22. The van der Waals surface area contributed by atoms with Crippen molar-refractivity contribution in [1.29, 1.82) is 5.26 Å². The lowest BCUT2D eigenvalue weighted by Crippen LogP contribution is -2.38. The maximum Gasteiger partial charge on any atom is 0.327 e. The quantitative estimate of drug-likeness (QED) is 0.523. The third kappa shape index (κ3) is 0.524. The van der Waals surface area contributed by atoms with E-state index >= 15 is 0 Å². The minimum Gasteiger partial charge on any atom is -0.461 e. The molecule has 3 fully saturated rings. The van der Waals surface area contributed by atoms with Crippen LogP contribution in [0.3, 0.4) is 0 Å². The first-order valence-corrected chi connectivity index (χ1v) is 4.75. The molecule has 2 bridgehead atoms. The number of hydrogen-bond acceptors (Lipinski definition) is 3. The van der Waals surface area contributed by atoms with Crippen LogP contribution in [0.1, 0.15) is 26.2 Å². The van der Waals surface area contributed by atoms with E-state index in [-0.39, 0.29) is 17.5 Å². The van der Waals surface area contributed by atoms with Crippen molar-refractivity contribution < 1.29 is 9.53 Å². The van der Waals surface area contributed by atoms with Crippen LogP contribution in [-0.2, 0) is 9.53 Å².